The van der Waals surface area contributed by atoms with Crippen molar-refractivity contribution in [2.45, 2.75) is 13.0 Å². The molecule has 0 aliphatic rings. The molecule has 0 aliphatic heterocycles. The van der Waals surface area contributed by atoms with E-state index in [-0.39, 0.29) is 6.04 Å². The number of nitrogens with zero attached hydrogens (tertiary/aromatic N) is 1. The topological polar surface area (TPSA) is 34.1 Å². The van der Waals surface area contributed by atoms with Gasteiger partial charge in [-0.25, -0.2) is 0 Å². The zero-order valence-electron chi connectivity index (χ0n) is 12.2. The Morgan fingerprint density at radius 1 is 1.29 bits per heavy atom. The first kappa shape index (κ1) is 14.0. The lowest BCUT2D eigenvalue weighted by atomic mass is 10.00. The number of thiophene rings is 1. The van der Waals surface area contributed by atoms with Gasteiger partial charge in [0, 0.05) is 21.8 Å². The van der Waals surface area contributed by atoms with Gasteiger partial charge >= 0.3 is 0 Å². The zero-order valence-corrected chi connectivity index (χ0v) is 13.0. The van der Waals surface area contributed by atoms with Crippen LogP contribution < -0.4 is 10.1 Å². The number of rotatable bonds is 5. The minimum Gasteiger partial charge on any atom is -0.496 e. The van der Waals surface area contributed by atoms with Crippen molar-refractivity contribution in [1.29, 1.82) is 0 Å². The van der Waals surface area contributed by atoms with Crippen LogP contribution in [0.15, 0.2) is 48.0 Å². The van der Waals surface area contributed by atoms with E-state index < -0.39 is 0 Å². The summed E-state index contributed by atoms with van der Waals surface area (Å²) >= 11 is 1.72. The Balaban J connectivity index is 2.11. The first-order valence-corrected chi connectivity index (χ1v) is 7.91. The molecule has 1 atom stereocenters. The number of nitrogens with one attached hydrogen (secondary N) is 1. The van der Waals surface area contributed by atoms with Crippen LogP contribution >= 0.6 is 11.3 Å². The summed E-state index contributed by atoms with van der Waals surface area (Å²) in [6.07, 6.45) is 1.84. The second kappa shape index (κ2) is 6.24. The number of ether oxygens (including phenoxy) is 1. The molecule has 4 heteroatoms. The van der Waals surface area contributed by atoms with Gasteiger partial charge in [-0.15, -0.1) is 11.3 Å². The molecule has 0 saturated carbocycles. The monoisotopic (exact) mass is 298 g/mol. The molecule has 0 bridgehead atoms. The maximum Gasteiger partial charge on any atom is 0.129 e. The van der Waals surface area contributed by atoms with Gasteiger partial charge in [0.25, 0.3) is 0 Å². The zero-order chi connectivity index (χ0) is 14.7. The normalized spacial score (nSPS) is 12.5. The average Bonchev–Trinajstić information content (AvgIpc) is 3.01. The molecule has 2 heterocycles. The van der Waals surface area contributed by atoms with Crippen molar-refractivity contribution < 1.29 is 4.74 Å². The molecule has 0 aliphatic carbocycles. The maximum atomic E-state index is 5.32. The Hall–Kier alpha value is -1.91. The van der Waals surface area contributed by atoms with E-state index in [0.717, 1.165) is 17.8 Å². The molecular weight excluding hydrogens is 280 g/mol. The quantitative estimate of drug-likeness (QED) is 0.773. The summed E-state index contributed by atoms with van der Waals surface area (Å²) in [7, 11) is 1.70. The Kier molecular flexibility index (Phi) is 4.18. The maximum absolute atomic E-state index is 5.32. The molecule has 0 radical (unpaired) electrons. The summed E-state index contributed by atoms with van der Waals surface area (Å²) < 4.78 is 5.32. The third-order valence-electron chi connectivity index (χ3n) is 3.51. The number of hydrogen-bond acceptors (Lipinski definition) is 4. The van der Waals surface area contributed by atoms with Gasteiger partial charge < -0.3 is 10.1 Å². The number of fused-ring (bicyclic) bond motifs is 1. The van der Waals surface area contributed by atoms with Crippen LogP contribution in [0, 0.1) is 0 Å². The van der Waals surface area contributed by atoms with E-state index in [1.165, 1.54) is 15.8 Å². The Morgan fingerprint density at radius 3 is 2.95 bits per heavy atom. The third-order valence-corrected chi connectivity index (χ3v) is 4.49. The van der Waals surface area contributed by atoms with Gasteiger partial charge in [-0.05, 0) is 30.3 Å². The molecule has 1 unspecified atom stereocenters. The van der Waals surface area contributed by atoms with Crippen LogP contribution in [0.5, 0.6) is 5.75 Å². The van der Waals surface area contributed by atoms with Crippen molar-refractivity contribution in [2.75, 3.05) is 13.7 Å². The van der Waals surface area contributed by atoms with E-state index in [1.807, 2.05) is 17.6 Å². The van der Waals surface area contributed by atoms with Gasteiger partial charge in [0.1, 0.15) is 5.75 Å². The fourth-order valence-electron chi connectivity index (χ4n) is 2.54. The van der Waals surface area contributed by atoms with E-state index in [1.54, 1.807) is 18.4 Å². The number of aromatic nitrogens is 1. The smallest absolute Gasteiger partial charge is 0.129 e. The van der Waals surface area contributed by atoms with Gasteiger partial charge in [-0.2, -0.15) is 0 Å². The highest BCUT2D eigenvalue weighted by Crippen LogP contribution is 2.33. The summed E-state index contributed by atoms with van der Waals surface area (Å²) in [5.41, 5.74) is 2.29. The molecule has 3 rings (SSSR count). The van der Waals surface area contributed by atoms with E-state index in [4.69, 9.17) is 4.74 Å². The molecule has 0 amide bonds. The number of hydrogen-bond donors (Lipinski definition) is 1. The Morgan fingerprint density at radius 2 is 2.19 bits per heavy atom. The molecule has 1 N–H and O–H groups in total. The average molecular weight is 298 g/mol. The first-order chi connectivity index (χ1) is 10.3. The number of pyridine rings is 1. The SMILES string of the molecule is CCNC(c1cc(OC)cs1)c1cccc2ncccc12. The highest BCUT2D eigenvalue weighted by molar-refractivity contribution is 7.10. The van der Waals surface area contributed by atoms with Crippen molar-refractivity contribution in [3.63, 3.8) is 0 Å². The van der Waals surface area contributed by atoms with E-state index in [2.05, 4.69) is 47.6 Å². The molecule has 0 spiro atoms. The van der Waals surface area contributed by atoms with Gasteiger partial charge in [0.05, 0.1) is 18.7 Å². The van der Waals surface area contributed by atoms with Gasteiger partial charge in [0.15, 0.2) is 0 Å². The van der Waals surface area contributed by atoms with Gasteiger partial charge in [0.2, 0.25) is 0 Å². The standard InChI is InChI=1S/C17H18N2OS/c1-3-18-17(16-10-12(20-2)11-21-16)14-6-4-8-15-13(14)7-5-9-19-15/h4-11,17-18H,3H2,1-2H3. The highest BCUT2D eigenvalue weighted by Gasteiger charge is 2.18. The van der Waals surface area contributed by atoms with Crippen molar-refractivity contribution in [1.82, 2.24) is 10.3 Å². The van der Waals surface area contributed by atoms with Crippen LogP contribution in [-0.4, -0.2) is 18.6 Å². The molecule has 108 valence electrons. The van der Waals surface area contributed by atoms with E-state index in [0.29, 0.717) is 0 Å². The molecule has 0 fully saturated rings. The fraction of sp³-hybridized carbons (Fsp3) is 0.235. The lowest BCUT2D eigenvalue weighted by Crippen LogP contribution is -2.21. The third kappa shape index (κ3) is 2.77. The van der Waals surface area contributed by atoms with Crippen molar-refractivity contribution in [3.8, 4) is 5.75 Å². The first-order valence-electron chi connectivity index (χ1n) is 7.03. The van der Waals surface area contributed by atoms with Crippen LogP contribution in [0.2, 0.25) is 0 Å². The predicted octanol–water partition coefficient (Wildman–Crippen LogP) is 4.00. The molecule has 0 saturated heterocycles. The van der Waals surface area contributed by atoms with Gasteiger partial charge in [-0.3, -0.25) is 4.98 Å². The largest absolute Gasteiger partial charge is 0.496 e. The second-order valence-electron chi connectivity index (χ2n) is 4.80. The molecular formula is C17H18N2OS. The minimum absolute atomic E-state index is 0.164. The summed E-state index contributed by atoms with van der Waals surface area (Å²) in [5, 5.41) is 6.81. The second-order valence-corrected chi connectivity index (χ2v) is 5.74. The highest BCUT2D eigenvalue weighted by atomic mass is 32.1. The summed E-state index contributed by atoms with van der Waals surface area (Å²) in [6, 6.07) is 12.7. The predicted molar refractivity (Wildman–Crippen MR) is 88.1 cm³/mol. The summed E-state index contributed by atoms with van der Waals surface area (Å²) in [4.78, 5) is 5.71. The number of methoxy groups -OCH3 is 1. The van der Waals surface area contributed by atoms with Crippen LogP contribution in [-0.2, 0) is 0 Å². The summed E-state index contributed by atoms with van der Waals surface area (Å²) in [5.74, 6) is 0.913. The molecule has 21 heavy (non-hydrogen) atoms. The van der Waals surface area contributed by atoms with Crippen LogP contribution in [0.25, 0.3) is 10.9 Å². The number of benzene rings is 1. The molecule has 1 aromatic carbocycles. The van der Waals surface area contributed by atoms with Crippen molar-refractivity contribution in [2.24, 2.45) is 0 Å². The van der Waals surface area contributed by atoms with Crippen molar-refractivity contribution >= 4 is 22.2 Å². The lowest BCUT2D eigenvalue weighted by molar-refractivity contribution is 0.416. The van der Waals surface area contributed by atoms with Gasteiger partial charge in [-0.1, -0.05) is 25.1 Å². The van der Waals surface area contributed by atoms with Crippen LogP contribution in [0.1, 0.15) is 23.4 Å². The molecule has 3 aromatic rings. The molecule has 3 nitrogen and oxygen atoms in total. The Labute approximate surface area is 128 Å². The molecule has 2 aromatic heterocycles. The van der Waals surface area contributed by atoms with E-state index in [9.17, 15) is 0 Å². The van der Waals surface area contributed by atoms with Crippen molar-refractivity contribution in [3.05, 3.63) is 58.4 Å². The minimum atomic E-state index is 0.164. The Bertz CT molecular complexity index is 733. The summed E-state index contributed by atoms with van der Waals surface area (Å²) in [6.45, 7) is 3.03. The van der Waals surface area contributed by atoms with Crippen LogP contribution in [0.3, 0.4) is 0 Å². The van der Waals surface area contributed by atoms with E-state index >= 15 is 0 Å². The lowest BCUT2D eigenvalue weighted by Gasteiger charge is -2.18. The fourth-order valence-corrected chi connectivity index (χ4v) is 3.49. The van der Waals surface area contributed by atoms with Crippen LogP contribution in [0.4, 0.5) is 0 Å².